The molecule has 0 N–H and O–H groups in total. The molecular formula is C33H28N3OS3+. The number of aromatic nitrogens is 2. The summed E-state index contributed by atoms with van der Waals surface area (Å²) in [6.07, 6.45) is 6.28. The number of rotatable bonds is 4. The maximum Gasteiger partial charge on any atom is 0.269 e. The maximum absolute atomic E-state index is 13.5. The van der Waals surface area contributed by atoms with Crippen LogP contribution in [0.15, 0.2) is 93.6 Å². The van der Waals surface area contributed by atoms with Gasteiger partial charge in [-0.15, -0.1) is 11.3 Å². The first-order valence-corrected chi connectivity index (χ1v) is 15.9. The highest BCUT2D eigenvalue weighted by Crippen LogP contribution is 2.48. The molecule has 2 aromatic heterocycles. The van der Waals surface area contributed by atoms with Gasteiger partial charge in [0.25, 0.3) is 10.6 Å². The summed E-state index contributed by atoms with van der Waals surface area (Å²) in [4.78, 5) is 16.9. The predicted octanol–water partition coefficient (Wildman–Crippen LogP) is 6.45. The van der Waals surface area contributed by atoms with E-state index < -0.39 is 0 Å². The van der Waals surface area contributed by atoms with E-state index in [2.05, 4.69) is 108 Å². The number of hydrogen-bond donors (Lipinski definition) is 0. The summed E-state index contributed by atoms with van der Waals surface area (Å²) in [5, 5.41) is 7.30. The zero-order valence-corrected chi connectivity index (χ0v) is 25.0. The van der Waals surface area contributed by atoms with Crippen molar-refractivity contribution >= 4 is 84.0 Å². The molecule has 3 heterocycles. The van der Waals surface area contributed by atoms with Gasteiger partial charge in [0.05, 0.1) is 21.3 Å². The van der Waals surface area contributed by atoms with Crippen molar-refractivity contribution in [2.45, 2.75) is 31.8 Å². The summed E-state index contributed by atoms with van der Waals surface area (Å²) in [6, 6.07) is 25.9. The Labute approximate surface area is 244 Å². The van der Waals surface area contributed by atoms with Gasteiger partial charge in [-0.25, -0.2) is 0 Å². The molecule has 1 aliphatic rings. The summed E-state index contributed by atoms with van der Waals surface area (Å²) in [5.74, 6) is 0. The van der Waals surface area contributed by atoms with Gasteiger partial charge < -0.3 is 4.90 Å². The molecule has 1 aliphatic heterocycles. The molecule has 40 heavy (non-hydrogen) atoms. The standard InChI is InChI=1S/C33H28N3OS3/c1-4-35-25-16-14-22-11-7-9-13-24(22)32(25)40-29(35)20-30-36(5-2)33(37)27(39-30)18-19-28-34(3)31-23-12-8-6-10-21(23)15-17-26(31)38-28/h6-20H,4-5H2,1-3H3/q+1/b27-18-,28-19-. The summed E-state index contributed by atoms with van der Waals surface area (Å²) >= 11 is 5.13. The Morgan fingerprint density at radius 1 is 0.850 bits per heavy atom. The van der Waals surface area contributed by atoms with Crippen LogP contribution in [-0.4, -0.2) is 11.6 Å². The number of thioether (sulfide) groups is 1. The lowest BCUT2D eigenvalue weighted by Crippen LogP contribution is -2.35. The zero-order valence-electron chi connectivity index (χ0n) is 22.5. The normalized spacial score (nSPS) is 15.4. The molecule has 0 atom stereocenters. The Kier molecular flexibility index (Phi) is 6.38. The highest BCUT2D eigenvalue weighted by Gasteiger charge is 2.24. The molecule has 0 saturated carbocycles. The van der Waals surface area contributed by atoms with Crippen molar-refractivity contribution in [3.05, 3.63) is 108 Å². The lowest BCUT2D eigenvalue weighted by molar-refractivity contribution is -0.665. The molecular weight excluding hydrogens is 551 g/mol. The second-order valence-electron chi connectivity index (χ2n) is 9.78. The van der Waals surface area contributed by atoms with Crippen molar-refractivity contribution in [3.63, 3.8) is 0 Å². The number of benzene rings is 4. The van der Waals surface area contributed by atoms with Gasteiger partial charge in [-0.2, -0.15) is 4.57 Å². The van der Waals surface area contributed by atoms with Gasteiger partial charge in [0.1, 0.15) is 15.9 Å². The van der Waals surface area contributed by atoms with Gasteiger partial charge in [-0.3, -0.25) is 9.36 Å². The molecule has 6 aromatic rings. The van der Waals surface area contributed by atoms with Gasteiger partial charge in [0.2, 0.25) is 5.52 Å². The Hall–Kier alpha value is -3.65. The first-order valence-electron chi connectivity index (χ1n) is 13.5. The lowest BCUT2D eigenvalue weighted by atomic mass is 10.1. The van der Waals surface area contributed by atoms with Crippen LogP contribution in [-0.2, 0) is 13.1 Å². The van der Waals surface area contributed by atoms with Crippen molar-refractivity contribution in [3.8, 4) is 0 Å². The average molecular weight is 579 g/mol. The first kappa shape index (κ1) is 25.3. The van der Waals surface area contributed by atoms with Gasteiger partial charge in [0.15, 0.2) is 0 Å². The maximum atomic E-state index is 13.5. The fourth-order valence-corrected chi connectivity index (χ4v) is 9.06. The van der Waals surface area contributed by atoms with Gasteiger partial charge in [-0.1, -0.05) is 77.7 Å². The molecule has 0 fully saturated rings. The van der Waals surface area contributed by atoms with E-state index in [0.717, 1.165) is 25.8 Å². The minimum absolute atomic E-state index is 0.0684. The van der Waals surface area contributed by atoms with Gasteiger partial charge in [-0.05, 0) is 48.9 Å². The van der Waals surface area contributed by atoms with Crippen LogP contribution in [0.5, 0.6) is 0 Å². The molecule has 0 spiro atoms. The molecule has 7 heteroatoms. The molecule has 0 amide bonds. The summed E-state index contributed by atoms with van der Waals surface area (Å²) in [5.41, 5.74) is 2.54. The summed E-state index contributed by atoms with van der Waals surface area (Å²) < 4.78 is 7.28. The quantitative estimate of drug-likeness (QED) is 0.225. The second kappa shape index (κ2) is 10.1. The minimum Gasteiger partial charge on any atom is -0.338 e. The molecule has 4 nitrogen and oxygen atoms in total. The number of anilines is 1. The van der Waals surface area contributed by atoms with Crippen LogP contribution in [0.25, 0.3) is 43.9 Å². The van der Waals surface area contributed by atoms with E-state index in [0.29, 0.717) is 6.54 Å². The third kappa shape index (κ3) is 4.03. The van der Waals surface area contributed by atoms with E-state index >= 15 is 0 Å². The molecule has 7 rings (SSSR count). The van der Waals surface area contributed by atoms with Crippen molar-refractivity contribution in [1.29, 1.82) is 0 Å². The largest absolute Gasteiger partial charge is 0.338 e. The molecule has 198 valence electrons. The Morgan fingerprint density at radius 2 is 1.57 bits per heavy atom. The Balaban J connectivity index is 1.33. The van der Waals surface area contributed by atoms with E-state index in [-0.39, 0.29) is 5.56 Å². The van der Waals surface area contributed by atoms with Crippen LogP contribution in [0.3, 0.4) is 0 Å². The van der Waals surface area contributed by atoms with Crippen LogP contribution >= 0.6 is 34.4 Å². The lowest BCUT2D eigenvalue weighted by Gasteiger charge is -2.15. The average Bonchev–Trinajstić information content (AvgIpc) is 3.61. The summed E-state index contributed by atoms with van der Waals surface area (Å²) in [6.45, 7) is 5.73. The highest BCUT2D eigenvalue weighted by molar-refractivity contribution is 8.03. The molecule has 0 bridgehead atoms. The van der Waals surface area contributed by atoms with Gasteiger partial charge in [0, 0.05) is 35.3 Å². The zero-order chi connectivity index (χ0) is 27.4. The van der Waals surface area contributed by atoms with E-state index in [4.69, 9.17) is 0 Å². The van der Waals surface area contributed by atoms with Crippen LogP contribution in [0, 0.1) is 0 Å². The number of thiazole rings is 2. The third-order valence-electron chi connectivity index (χ3n) is 7.56. The van der Waals surface area contributed by atoms with Crippen LogP contribution < -0.4 is 24.2 Å². The van der Waals surface area contributed by atoms with E-state index in [1.165, 1.54) is 42.3 Å². The van der Waals surface area contributed by atoms with Crippen LogP contribution in [0.1, 0.15) is 18.9 Å². The number of aryl methyl sites for hydroxylation is 1. The molecule has 0 unspecified atom stereocenters. The van der Waals surface area contributed by atoms with Crippen molar-refractivity contribution in [2.24, 2.45) is 0 Å². The number of hydrogen-bond acceptors (Lipinski definition) is 5. The third-order valence-corrected chi connectivity index (χ3v) is 11.0. The summed E-state index contributed by atoms with van der Waals surface area (Å²) in [7, 11) is 2.11. The Bertz CT molecular complexity index is 2170. The van der Waals surface area contributed by atoms with Crippen molar-refractivity contribution in [1.82, 2.24) is 4.57 Å². The molecule has 0 aliphatic carbocycles. The number of nitrogens with zero attached hydrogens (tertiary/aromatic N) is 3. The number of allylic oxidation sites excluding steroid dienone is 1. The van der Waals surface area contributed by atoms with E-state index in [9.17, 15) is 4.79 Å². The Morgan fingerprint density at radius 3 is 2.35 bits per heavy atom. The van der Waals surface area contributed by atoms with Crippen molar-refractivity contribution in [2.75, 3.05) is 11.9 Å². The highest BCUT2D eigenvalue weighted by atomic mass is 32.2. The molecule has 0 saturated heterocycles. The molecule has 4 aromatic carbocycles. The smallest absolute Gasteiger partial charge is 0.269 e. The van der Waals surface area contributed by atoms with E-state index in [1.54, 1.807) is 34.4 Å². The topological polar surface area (TPSA) is 29.1 Å². The van der Waals surface area contributed by atoms with Crippen molar-refractivity contribution < 1.29 is 4.57 Å². The molecule has 0 radical (unpaired) electrons. The second-order valence-corrected chi connectivity index (χ2v) is 12.9. The van der Waals surface area contributed by atoms with E-state index in [1.807, 2.05) is 17.6 Å². The monoisotopic (exact) mass is 578 g/mol. The van der Waals surface area contributed by atoms with Crippen LogP contribution in [0.2, 0.25) is 0 Å². The van der Waals surface area contributed by atoms with Gasteiger partial charge >= 0.3 is 0 Å². The first-order chi connectivity index (χ1) is 19.6. The predicted molar refractivity (Wildman–Crippen MR) is 173 cm³/mol. The fourth-order valence-electron chi connectivity index (χ4n) is 5.57. The SMILES string of the molecule is CCn1c(=O)/c(=C/C=C2\Sc3ccc4ccccc4c3N2C)s/c1=C\c1sc2c3ccccc3ccc2[n+]1CC. The van der Waals surface area contributed by atoms with Crippen LogP contribution in [0.4, 0.5) is 5.69 Å². The minimum atomic E-state index is 0.0684. The fraction of sp³-hybridized carbons (Fsp3) is 0.152. The number of fused-ring (bicyclic) bond motifs is 6.